The summed E-state index contributed by atoms with van der Waals surface area (Å²) in [6, 6.07) is 0. The second-order valence-electron chi connectivity index (χ2n) is 4.00. The predicted octanol–water partition coefficient (Wildman–Crippen LogP) is 3.50. The van der Waals surface area contributed by atoms with Crippen LogP contribution in [-0.4, -0.2) is 18.5 Å². The van der Waals surface area contributed by atoms with E-state index in [4.69, 9.17) is 5.41 Å². The normalized spacial score (nSPS) is 14.6. The van der Waals surface area contributed by atoms with Crippen LogP contribution in [0, 0.1) is 17.2 Å². The van der Waals surface area contributed by atoms with Crippen LogP contribution in [0.25, 0.3) is 0 Å². The average molecular weight is 206 g/mol. The van der Waals surface area contributed by atoms with Gasteiger partial charge >= 0.3 is 0 Å². The lowest BCUT2D eigenvalue weighted by atomic mass is 10.0. The van der Waals surface area contributed by atoms with Crippen LogP contribution >= 0.6 is 0 Å². The number of nitrogens with one attached hydrogen (secondary N) is 1. The topological polar surface area (TPSA) is 36.2 Å². The minimum atomic E-state index is 0.240. The minimum absolute atomic E-state index is 0.240. The Labute approximate surface area is 93.3 Å². The summed E-state index contributed by atoms with van der Waals surface area (Å²) >= 11 is 0. The number of nitrogens with zero attached hydrogens (tertiary/aromatic N) is 1. The quantitative estimate of drug-likeness (QED) is 0.646. The maximum absolute atomic E-state index is 7.58. The SMILES string of the molecule is C=CC(=N)C(C)C/C=C/C(=NC)C(C)C. The van der Waals surface area contributed by atoms with E-state index in [0.717, 1.165) is 12.1 Å². The molecule has 1 N–H and O–H groups in total. The van der Waals surface area contributed by atoms with Gasteiger partial charge in [0.1, 0.15) is 0 Å². The van der Waals surface area contributed by atoms with Gasteiger partial charge in [-0.25, -0.2) is 0 Å². The first-order valence-corrected chi connectivity index (χ1v) is 5.37. The van der Waals surface area contributed by atoms with Gasteiger partial charge in [-0.2, -0.15) is 0 Å². The molecular formula is C13H22N2. The first-order chi connectivity index (χ1) is 7.02. The lowest BCUT2D eigenvalue weighted by molar-refractivity contribution is 0.788. The highest BCUT2D eigenvalue weighted by Gasteiger charge is 2.03. The molecule has 0 aliphatic carbocycles. The van der Waals surface area contributed by atoms with Gasteiger partial charge in [0.15, 0.2) is 0 Å². The van der Waals surface area contributed by atoms with Crippen molar-refractivity contribution in [3.8, 4) is 0 Å². The number of hydrogen-bond donors (Lipinski definition) is 1. The van der Waals surface area contributed by atoms with Crippen molar-refractivity contribution < 1.29 is 0 Å². The smallest absolute Gasteiger partial charge is 0.0367 e. The molecule has 84 valence electrons. The van der Waals surface area contributed by atoms with Gasteiger partial charge in [-0.3, -0.25) is 4.99 Å². The van der Waals surface area contributed by atoms with Gasteiger partial charge in [0.2, 0.25) is 0 Å². The summed E-state index contributed by atoms with van der Waals surface area (Å²) in [4.78, 5) is 4.21. The summed E-state index contributed by atoms with van der Waals surface area (Å²) in [7, 11) is 1.81. The molecule has 0 amide bonds. The van der Waals surface area contributed by atoms with Crippen molar-refractivity contribution in [1.29, 1.82) is 5.41 Å². The van der Waals surface area contributed by atoms with Crippen LogP contribution in [0.5, 0.6) is 0 Å². The Balaban J connectivity index is 4.20. The van der Waals surface area contributed by atoms with E-state index in [1.165, 1.54) is 0 Å². The highest BCUT2D eigenvalue weighted by atomic mass is 14.7. The van der Waals surface area contributed by atoms with Gasteiger partial charge in [-0.05, 0) is 24.5 Å². The van der Waals surface area contributed by atoms with Gasteiger partial charge in [0, 0.05) is 24.4 Å². The van der Waals surface area contributed by atoms with Crippen molar-refractivity contribution >= 4 is 11.4 Å². The van der Waals surface area contributed by atoms with Crippen LogP contribution in [-0.2, 0) is 0 Å². The van der Waals surface area contributed by atoms with Crippen molar-refractivity contribution in [1.82, 2.24) is 0 Å². The Morgan fingerprint density at radius 2 is 2.00 bits per heavy atom. The maximum atomic E-state index is 7.58. The van der Waals surface area contributed by atoms with Gasteiger partial charge in [0.05, 0.1) is 0 Å². The third-order valence-corrected chi connectivity index (χ3v) is 2.38. The maximum Gasteiger partial charge on any atom is 0.0367 e. The second-order valence-corrected chi connectivity index (χ2v) is 4.00. The molecule has 0 saturated heterocycles. The molecule has 0 bridgehead atoms. The monoisotopic (exact) mass is 206 g/mol. The largest absolute Gasteiger partial charge is 0.305 e. The van der Waals surface area contributed by atoms with Crippen molar-refractivity contribution in [2.45, 2.75) is 27.2 Å². The van der Waals surface area contributed by atoms with Crippen molar-refractivity contribution in [3.05, 3.63) is 24.8 Å². The average Bonchev–Trinajstić information content (AvgIpc) is 2.22. The van der Waals surface area contributed by atoms with E-state index in [2.05, 4.69) is 37.6 Å². The van der Waals surface area contributed by atoms with Crippen LogP contribution in [0.1, 0.15) is 27.2 Å². The molecule has 0 fully saturated rings. The Kier molecular flexibility index (Phi) is 6.59. The molecule has 0 spiro atoms. The number of aliphatic imine (C=N–C) groups is 1. The molecule has 0 rings (SSSR count). The van der Waals surface area contributed by atoms with E-state index < -0.39 is 0 Å². The molecule has 0 aromatic rings. The van der Waals surface area contributed by atoms with Crippen LogP contribution < -0.4 is 0 Å². The van der Waals surface area contributed by atoms with Crippen LogP contribution in [0.15, 0.2) is 29.8 Å². The zero-order valence-electron chi connectivity index (χ0n) is 10.2. The summed E-state index contributed by atoms with van der Waals surface area (Å²) in [5.74, 6) is 0.699. The molecule has 0 radical (unpaired) electrons. The highest BCUT2D eigenvalue weighted by molar-refractivity contribution is 5.96. The molecule has 0 aliphatic heterocycles. The third-order valence-electron chi connectivity index (χ3n) is 2.38. The fourth-order valence-electron chi connectivity index (χ4n) is 1.25. The standard InChI is InChI=1S/C13H22N2/c1-6-12(14)11(4)8-7-9-13(15-5)10(2)3/h6-7,9-11,14H,1,8H2,2-5H3/b9-7+,14-12?,15-13?. The fraction of sp³-hybridized carbons (Fsp3) is 0.538. The summed E-state index contributed by atoms with van der Waals surface area (Å²) in [5, 5.41) is 7.58. The molecule has 0 saturated carbocycles. The number of rotatable bonds is 6. The summed E-state index contributed by atoms with van der Waals surface area (Å²) in [5.41, 5.74) is 1.70. The van der Waals surface area contributed by atoms with E-state index in [-0.39, 0.29) is 5.92 Å². The molecule has 0 aromatic carbocycles. The van der Waals surface area contributed by atoms with E-state index in [9.17, 15) is 0 Å². The van der Waals surface area contributed by atoms with Crippen molar-refractivity contribution in [3.63, 3.8) is 0 Å². The molecule has 2 heteroatoms. The molecule has 1 unspecified atom stereocenters. The number of allylic oxidation sites excluding steroid dienone is 3. The highest BCUT2D eigenvalue weighted by Crippen LogP contribution is 2.07. The third kappa shape index (κ3) is 5.31. The zero-order chi connectivity index (χ0) is 11.8. The second kappa shape index (κ2) is 7.16. The lowest BCUT2D eigenvalue weighted by Crippen LogP contribution is -2.06. The minimum Gasteiger partial charge on any atom is -0.305 e. The predicted molar refractivity (Wildman–Crippen MR) is 69.0 cm³/mol. The van der Waals surface area contributed by atoms with E-state index >= 15 is 0 Å². The first-order valence-electron chi connectivity index (χ1n) is 5.37. The summed E-state index contributed by atoms with van der Waals surface area (Å²) < 4.78 is 0. The Morgan fingerprint density at radius 1 is 1.40 bits per heavy atom. The van der Waals surface area contributed by atoms with E-state index in [1.807, 2.05) is 14.0 Å². The molecule has 0 heterocycles. The van der Waals surface area contributed by atoms with Gasteiger partial charge in [0.25, 0.3) is 0 Å². The Morgan fingerprint density at radius 3 is 2.40 bits per heavy atom. The number of hydrogen-bond acceptors (Lipinski definition) is 2. The molecule has 2 nitrogen and oxygen atoms in total. The van der Waals surface area contributed by atoms with Crippen molar-refractivity contribution in [2.75, 3.05) is 7.05 Å². The van der Waals surface area contributed by atoms with Gasteiger partial charge < -0.3 is 5.41 Å². The van der Waals surface area contributed by atoms with Crippen LogP contribution in [0.4, 0.5) is 0 Å². The Hall–Kier alpha value is -1.18. The summed E-state index contributed by atoms with van der Waals surface area (Å²) in [6.45, 7) is 9.88. The lowest BCUT2D eigenvalue weighted by Gasteiger charge is -2.07. The molecular weight excluding hydrogens is 184 g/mol. The molecule has 15 heavy (non-hydrogen) atoms. The van der Waals surface area contributed by atoms with Crippen LogP contribution in [0.3, 0.4) is 0 Å². The van der Waals surface area contributed by atoms with Crippen molar-refractivity contribution in [2.24, 2.45) is 16.8 Å². The van der Waals surface area contributed by atoms with E-state index in [1.54, 1.807) is 6.08 Å². The fourth-order valence-corrected chi connectivity index (χ4v) is 1.25. The molecule has 1 atom stereocenters. The van der Waals surface area contributed by atoms with E-state index in [0.29, 0.717) is 11.6 Å². The first kappa shape index (κ1) is 13.8. The molecule has 0 aliphatic rings. The van der Waals surface area contributed by atoms with Crippen LogP contribution in [0.2, 0.25) is 0 Å². The summed E-state index contributed by atoms with van der Waals surface area (Å²) in [6.07, 6.45) is 6.62. The van der Waals surface area contributed by atoms with Gasteiger partial charge in [-0.1, -0.05) is 33.4 Å². The molecule has 0 aromatic heterocycles. The Bertz CT molecular complexity index is 272. The zero-order valence-corrected chi connectivity index (χ0v) is 10.2. The van der Waals surface area contributed by atoms with Gasteiger partial charge in [-0.15, -0.1) is 0 Å².